The average Bonchev–Trinajstić information content (AvgIpc) is 3.03. The van der Waals surface area contributed by atoms with Gasteiger partial charge in [0, 0.05) is 11.8 Å². The molecule has 0 fully saturated rings. The second-order valence-corrected chi connectivity index (χ2v) is 4.59. The largest absolute Gasteiger partial charge is 0.417 e. The van der Waals surface area contributed by atoms with Gasteiger partial charge in [-0.05, 0) is 19.1 Å². The van der Waals surface area contributed by atoms with Crippen LogP contribution in [0.15, 0.2) is 47.1 Å². The van der Waals surface area contributed by atoms with Gasteiger partial charge < -0.3 is 9.73 Å². The van der Waals surface area contributed by atoms with Gasteiger partial charge in [0.05, 0.1) is 18.4 Å². The lowest BCUT2D eigenvalue weighted by Crippen LogP contribution is -2.22. The Bertz CT molecular complexity index is 768. The summed E-state index contributed by atoms with van der Waals surface area (Å²) >= 11 is 0. The van der Waals surface area contributed by atoms with E-state index in [2.05, 4.69) is 25.5 Å². The highest BCUT2D eigenvalue weighted by Gasteiger charge is 2.11. The smallest absolute Gasteiger partial charge is 0.267 e. The normalized spacial score (nSPS) is 10.4. The van der Waals surface area contributed by atoms with E-state index in [4.69, 9.17) is 4.42 Å². The molecule has 2 aromatic heterocycles. The molecule has 0 spiro atoms. The number of carbonyl (C=O) groups is 1. The fraction of sp³-hybridized carbons (Fsp3) is 0.133. The summed E-state index contributed by atoms with van der Waals surface area (Å²) in [5, 5.41) is 10.5. The Balaban J connectivity index is 1.65. The van der Waals surface area contributed by atoms with E-state index in [1.54, 1.807) is 36.7 Å². The zero-order chi connectivity index (χ0) is 15.4. The number of carbonyl (C=O) groups excluding carboxylic acids is 1. The summed E-state index contributed by atoms with van der Waals surface area (Å²) in [7, 11) is 0. The van der Waals surface area contributed by atoms with Crippen molar-refractivity contribution >= 4 is 5.91 Å². The maximum Gasteiger partial charge on any atom is 0.267 e. The van der Waals surface area contributed by atoms with E-state index in [1.807, 2.05) is 13.0 Å². The number of hydrogen-bond donors (Lipinski definition) is 1. The highest BCUT2D eigenvalue weighted by molar-refractivity contribution is 5.93. The number of hydrogen-bond acceptors (Lipinski definition) is 6. The Kier molecular flexibility index (Phi) is 3.86. The molecule has 1 amide bonds. The maximum atomic E-state index is 11.9. The van der Waals surface area contributed by atoms with Crippen LogP contribution in [0.1, 0.15) is 21.9 Å². The fourth-order valence-electron chi connectivity index (χ4n) is 1.78. The van der Waals surface area contributed by atoms with Gasteiger partial charge in [-0.25, -0.2) is 4.98 Å². The van der Waals surface area contributed by atoms with Crippen LogP contribution in [0.3, 0.4) is 0 Å². The van der Waals surface area contributed by atoms with Crippen molar-refractivity contribution in [3.63, 3.8) is 0 Å². The minimum absolute atomic E-state index is 0.153. The topological polar surface area (TPSA) is 93.8 Å². The van der Waals surface area contributed by atoms with Crippen LogP contribution < -0.4 is 5.32 Å². The number of benzene rings is 1. The van der Waals surface area contributed by atoms with Gasteiger partial charge in [0.15, 0.2) is 0 Å². The van der Waals surface area contributed by atoms with Crippen LogP contribution in [-0.2, 0) is 6.54 Å². The van der Waals surface area contributed by atoms with Crippen molar-refractivity contribution in [3.05, 3.63) is 59.9 Å². The van der Waals surface area contributed by atoms with Gasteiger partial charge in [0.2, 0.25) is 5.89 Å². The third kappa shape index (κ3) is 3.14. The van der Waals surface area contributed by atoms with Gasteiger partial charge in [0.1, 0.15) is 5.69 Å². The predicted molar refractivity (Wildman–Crippen MR) is 77.7 cm³/mol. The molecule has 1 aromatic carbocycles. The standard InChI is InChI=1S/C15H13N5O2/c1-10-7-17-12(8-16-10)15-20-19-13(22-15)9-18-14(21)11-5-3-2-4-6-11/h2-8H,9H2,1H3,(H,18,21). The van der Waals surface area contributed by atoms with Gasteiger partial charge in [-0.2, -0.15) is 0 Å². The number of nitrogens with zero attached hydrogens (tertiary/aromatic N) is 4. The molecule has 0 radical (unpaired) electrons. The molecule has 0 unspecified atom stereocenters. The average molecular weight is 295 g/mol. The maximum absolute atomic E-state index is 11.9. The Labute approximate surface area is 126 Å². The number of nitrogens with one attached hydrogen (secondary N) is 1. The second kappa shape index (κ2) is 6.13. The molecule has 0 bridgehead atoms. The molecule has 2 heterocycles. The van der Waals surface area contributed by atoms with E-state index in [1.165, 1.54) is 0 Å². The number of aromatic nitrogens is 4. The first-order chi connectivity index (χ1) is 10.7. The van der Waals surface area contributed by atoms with Crippen molar-refractivity contribution in [2.75, 3.05) is 0 Å². The molecule has 0 atom stereocenters. The summed E-state index contributed by atoms with van der Waals surface area (Å²) in [5.41, 5.74) is 1.88. The van der Waals surface area contributed by atoms with Crippen LogP contribution in [0.25, 0.3) is 11.6 Å². The number of aryl methyl sites for hydroxylation is 1. The van der Waals surface area contributed by atoms with Crippen LogP contribution in [0.4, 0.5) is 0 Å². The monoisotopic (exact) mass is 295 g/mol. The lowest BCUT2D eigenvalue weighted by Gasteiger charge is -2.01. The first-order valence-corrected chi connectivity index (χ1v) is 6.67. The summed E-state index contributed by atoms with van der Waals surface area (Å²) in [4.78, 5) is 20.2. The molecule has 7 nitrogen and oxygen atoms in total. The van der Waals surface area contributed by atoms with Gasteiger partial charge >= 0.3 is 0 Å². The van der Waals surface area contributed by atoms with Gasteiger partial charge in [-0.15, -0.1) is 10.2 Å². The summed E-state index contributed by atoms with van der Waals surface area (Å²) in [5.74, 6) is 0.383. The highest BCUT2D eigenvalue weighted by Crippen LogP contribution is 2.13. The van der Waals surface area contributed by atoms with Crippen molar-refractivity contribution in [1.82, 2.24) is 25.5 Å². The van der Waals surface area contributed by atoms with Crippen LogP contribution in [0.2, 0.25) is 0 Å². The van der Waals surface area contributed by atoms with Crippen molar-refractivity contribution in [2.45, 2.75) is 13.5 Å². The molecule has 1 N–H and O–H groups in total. The van der Waals surface area contributed by atoms with Crippen LogP contribution in [0, 0.1) is 6.92 Å². The van der Waals surface area contributed by atoms with E-state index >= 15 is 0 Å². The van der Waals surface area contributed by atoms with Gasteiger partial charge in [-0.3, -0.25) is 9.78 Å². The summed E-state index contributed by atoms with van der Waals surface area (Å²) in [6, 6.07) is 8.92. The highest BCUT2D eigenvalue weighted by atomic mass is 16.4. The SMILES string of the molecule is Cc1cnc(-c2nnc(CNC(=O)c3ccccc3)o2)cn1. The van der Waals surface area contributed by atoms with E-state index < -0.39 is 0 Å². The molecule has 0 aliphatic heterocycles. The second-order valence-electron chi connectivity index (χ2n) is 4.59. The van der Waals surface area contributed by atoms with Crippen LogP contribution in [0.5, 0.6) is 0 Å². The molecule has 0 saturated carbocycles. The lowest BCUT2D eigenvalue weighted by atomic mass is 10.2. The van der Waals surface area contributed by atoms with E-state index in [9.17, 15) is 4.79 Å². The molecule has 22 heavy (non-hydrogen) atoms. The Morgan fingerprint density at radius 3 is 2.68 bits per heavy atom. The predicted octanol–water partition coefficient (Wildman–Crippen LogP) is 1.77. The molecule has 0 aliphatic carbocycles. The van der Waals surface area contributed by atoms with Gasteiger partial charge in [-0.1, -0.05) is 18.2 Å². The number of amides is 1. The molecule has 3 rings (SSSR count). The zero-order valence-electron chi connectivity index (χ0n) is 11.9. The van der Waals surface area contributed by atoms with Crippen molar-refractivity contribution in [1.29, 1.82) is 0 Å². The summed E-state index contributed by atoms with van der Waals surface area (Å²) in [6.07, 6.45) is 3.19. The van der Waals surface area contributed by atoms with E-state index in [-0.39, 0.29) is 18.3 Å². The summed E-state index contributed by atoms with van der Waals surface area (Å²) < 4.78 is 5.46. The fourth-order valence-corrected chi connectivity index (χ4v) is 1.78. The molecule has 0 saturated heterocycles. The summed E-state index contributed by atoms with van der Waals surface area (Å²) in [6.45, 7) is 2.00. The first-order valence-electron chi connectivity index (χ1n) is 6.67. The molecular weight excluding hydrogens is 282 g/mol. The molecule has 110 valence electrons. The molecule has 3 aromatic rings. The Morgan fingerprint density at radius 2 is 1.95 bits per heavy atom. The lowest BCUT2D eigenvalue weighted by molar-refractivity contribution is 0.0947. The van der Waals surface area contributed by atoms with E-state index in [0.29, 0.717) is 17.1 Å². The van der Waals surface area contributed by atoms with Gasteiger partial charge in [0.25, 0.3) is 11.8 Å². The van der Waals surface area contributed by atoms with Crippen molar-refractivity contribution in [2.24, 2.45) is 0 Å². The van der Waals surface area contributed by atoms with E-state index in [0.717, 1.165) is 5.69 Å². The molecule has 0 aliphatic rings. The van der Waals surface area contributed by atoms with Crippen LogP contribution in [-0.4, -0.2) is 26.1 Å². The quantitative estimate of drug-likeness (QED) is 0.788. The van der Waals surface area contributed by atoms with Crippen molar-refractivity contribution < 1.29 is 9.21 Å². The van der Waals surface area contributed by atoms with Crippen molar-refractivity contribution in [3.8, 4) is 11.6 Å². The molecule has 7 heteroatoms. The number of rotatable bonds is 4. The molecular formula is C15H13N5O2. The third-order valence-corrected chi connectivity index (χ3v) is 2.90. The zero-order valence-corrected chi connectivity index (χ0v) is 11.9. The van der Waals surface area contributed by atoms with Crippen LogP contribution >= 0.6 is 0 Å². The minimum Gasteiger partial charge on any atom is -0.417 e. The third-order valence-electron chi connectivity index (χ3n) is 2.90. The minimum atomic E-state index is -0.199. The Morgan fingerprint density at radius 1 is 1.14 bits per heavy atom. The Hall–Kier alpha value is -3.09. The first kappa shape index (κ1) is 13.9.